The van der Waals surface area contributed by atoms with Gasteiger partial charge in [-0.1, -0.05) is 6.07 Å². The summed E-state index contributed by atoms with van der Waals surface area (Å²) in [5, 5.41) is 19.8. The van der Waals surface area contributed by atoms with Gasteiger partial charge in [0.05, 0.1) is 25.9 Å². The molecule has 0 aliphatic heterocycles. The molecule has 0 saturated heterocycles. The summed E-state index contributed by atoms with van der Waals surface area (Å²) >= 11 is 0. The molecule has 21 heavy (non-hydrogen) atoms. The second kappa shape index (κ2) is 8.34. The summed E-state index contributed by atoms with van der Waals surface area (Å²) in [7, 11) is 1.60. The van der Waals surface area contributed by atoms with Crippen molar-refractivity contribution < 1.29 is 24.4 Å². The molecule has 0 heterocycles. The third-order valence-electron chi connectivity index (χ3n) is 3.58. The van der Waals surface area contributed by atoms with Crippen LogP contribution in [0.4, 0.5) is 0 Å². The van der Waals surface area contributed by atoms with Crippen molar-refractivity contribution >= 4 is 0 Å². The zero-order valence-electron chi connectivity index (χ0n) is 12.5. The van der Waals surface area contributed by atoms with Gasteiger partial charge in [-0.3, -0.25) is 0 Å². The maximum Gasteiger partial charge on any atom is 0.119 e. The normalized spacial score (nSPS) is 19.1. The molecule has 5 heteroatoms. The molecule has 1 aromatic carbocycles. The van der Waals surface area contributed by atoms with E-state index >= 15 is 0 Å². The van der Waals surface area contributed by atoms with Crippen LogP contribution in [0.15, 0.2) is 18.2 Å². The van der Waals surface area contributed by atoms with Crippen molar-refractivity contribution in [1.82, 2.24) is 0 Å². The Bertz CT molecular complexity index is 435. The Labute approximate surface area is 125 Å². The van der Waals surface area contributed by atoms with Gasteiger partial charge in [0, 0.05) is 7.11 Å². The van der Waals surface area contributed by atoms with Gasteiger partial charge in [0.15, 0.2) is 0 Å². The van der Waals surface area contributed by atoms with Crippen LogP contribution >= 0.6 is 0 Å². The molecule has 0 bridgehead atoms. The van der Waals surface area contributed by atoms with E-state index in [0.29, 0.717) is 19.0 Å². The summed E-state index contributed by atoms with van der Waals surface area (Å²) < 4.78 is 15.7. The van der Waals surface area contributed by atoms with E-state index in [4.69, 9.17) is 14.2 Å². The third kappa shape index (κ3) is 4.97. The van der Waals surface area contributed by atoms with Crippen molar-refractivity contribution in [2.45, 2.75) is 31.5 Å². The quantitative estimate of drug-likeness (QED) is 0.711. The summed E-state index contributed by atoms with van der Waals surface area (Å²) in [6.07, 6.45) is 1.74. The number of aliphatic hydroxyl groups is 2. The molecule has 0 saturated carbocycles. The fourth-order valence-corrected chi connectivity index (χ4v) is 2.44. The molecule has 0 radical (unpaired) electrons. The Morgan fingerprint density at radius 2 is 2.14 bits per heavy atom. The highest BCUT2D eigenvalue weighted by Crippen LogP contribution is 2.32. The van der Waals surface area contributed by atoms with Crippen molar-refractivity contribution in [2.24, 2.45) is 0 Å². The lowest BCUT2D eigenvalue weighted by Crippen LogP contribution is -2.24. The number of aliphatic hydroxyl groups excluding tert-OH is 2. The fourth-order valence-electron chi connectivity index (χ4n) is 2.44. The molecule has 2 rings (SSSR count). The van der Waals surface area contributed by atoms with Crippen molar-refractivity contribution in [3.05, 3.63) is 29.3 Å². The minimum absolute atomic E-state index is 0.169. The van der Waals surface area contributed by atoms with Crippen LogP contribution in [0.1, 0.15) is 30.1 Å². The first-order valence-electron chi connectivity index (χ1n) is 7.39. The van der Waals surface area contributed by atoms with Gasteiger partial charge in [-0.2, -0.15) is 0 Å². The van der Waals surface area contributed by atoms with E-state index in [0.717, 1.165) is 24.8 Å². The molecule has 5 nitrogen and oxygen atoms in total. The number of rotatable bonds is 8. The van der Waals surface area contributed by atoms with E-state index < -0.39 is 12.2 Å². The van der Waals surface area contributed by atoms with Crippen LogP contribution in [0.3, 0.4) is 0 Å². The predicted octanol–water partition coefficient (Wildman–Crippen LogP) is 1.46. The van der Waals surface area contributed by atoms with Gasteiger partial charge in [-0.25, -0.2) is 0 Å². The van der Waals surface area contributed by atoms with Gasteiger partial charge >= 0.3 is 0 Å². The lowest BCUT2D eigenvalue weighted by atomic mass is 9.89. The Hall–Kier alpha value is -1.14. The van der Waals surface area contributed by atoms with Crippen LogP contribution in [0, 0.1) is 0 Å². The minimum Gasteiger partial charge on any atom is -0.491 e. The van der Waals surface area contributed by atoms with Gasteiger partial charge < -0.3 is 24.4 Å². The predicted molar refractivity (Wildman–Crippen MR) is 78.5 cm³/mol. The molecule has 1 aliphatic carbocycles. The molecule has 0 aromatic heterocycles. The number of aryl methyl sites for hydroxylation is 1. The number of fused-ring (bicyclic) bond motifs is 1. The summed E-state index contributed by atoms with van der Waals surface area (Å²) in [5.41, 5.74) is 2.13. The Morgan fingerprint density at radius 1 is 1.29 bits per heavy atom. The first-order valence-corrected chi connectivity index (χ1v) is 7.39. The lowest BCUT2D eigenvalue weighted by molar-refractivity contribution is -0.00423. The lowest BCUT2D eigenvalue weighted by Gasteiger charge is -2.22. The largest absolute Gasteiger partial charge is 0.491 e. The van der Waals surface area contributed by atoms with Crippen molar-refractivity contribution in [1.29, 1.82) is 0 Å². The average molecular weight is 296 g/mol. The fraction of sp³-hybridized carbons (Fsp3) is 0.625. The smallest absolute Gasteiger partial charge is 0.119 e. The molecule has 1 aromatic rings. The van der Waals surface area contributed by atoms with Crippen LogP contribution in [0.5, 0.6) is 5.75 Å². The second-order valence-electron chi connectivity index (χ2n) is 5.30. The molecule has 1 unspecified atom stereocenters. The highest BCUT2D eigenvalue weighted by Gasteiger charge is 2.18. The maximum absolute atomic E-state index is 9.99. The van der Waals surface area contributed by atoms with Crippen molar-refractivity contribution in [2.75, 3.05) is 33.5 Å². The summed E-state index contributed by atoms with van der Waals surface area (Å²) in [6, 6.07) is 5.75. The number of hydrogen-bond donors (Lipinski definition) is 2. The molecular formula is C16H24O5. The Morgan fingerprint density at radius 3 is 2.95 bits per heavy atom. The SMILES string of the molecule is COCCOCC(O)COc1ccc2c(c1)[C@@H](O)CCC2. The van der Waals surface area contributed by atoms with Gasteiger partial charge in [-0.05, 0) is 42.5 Å². The van der Waals surface area contributed by atoms with Crippen LogP contribution in [-0.4, -0.2) is 49.9 Å². The number of methoxy groups -OCH3 is 1. The van der Waals surface area contributed by atoms with Gasteiger partial charge in [0.25, 0.3) is 0 Å². The molecular weight excluding hydrogens is 272 g/mol. The van der Waals surface area contributed by atoms with Gasteiger partial charge in [0.1, 0.15) is 18.5 Å². The first-order chi connectivity index (χ1) is 10.2. The summed E-state index contributed by atoms with van der Waals surface area (Å²) in [6.45, 7) is 1.35. The monoisotopic (exact) mass is 296 g/mol. The first kappa shape index (κ1) is 16.2. The molecule has 2 atom stereocenters. The highest BCUT2D eigenvalue weighted by atomic mass is 16.5. The molecule has 0 spiro atoms. The Kier molecular flexibility index (Phi) is 6.45. The standard InChI is InChI=1S/C16H24O5/c1-19-7-8-20-10-13(17)11-21-14-6-5-12-3-2-4-16(18)15(12)9-14/h5-6,9,13,16-18H,2-4,7-8,10-11H2,1H3/t13?,16-/m0/s1. The zero-order valence-corrected chi connectivity index (χ0v) is 12.5. The number of hydrogen-bond acceptors (Lipinski definition) is 5. The Balaban J connectivity index is 1.79. The van der Waals surface area contributed by atoms with Gasteiger partial charge in [-0.15, -0.1) is 0 Å². The highest BCUT2D eigenvalue weighted by molar-refractivity contribution is 5.38. The van der Waals surface area contributed by atoms with E-state index in [1.165, 1.54) is 5.56 Å². The van der Waals surface area contributed by atoms with Crippen LogP contribution in [0.25, 0.3) is 0 Å². The molecule has 2 N–H and O–H groups in total. The van der Waals surface area contributed by atoms with E-state index in [-0.39, 0.29) is 13.2 Å². The van der Waals surface area contributed by atoms with E-state index in [2.05, 4.69) is 0 Å². The average Bonchev–Trinajstić information content (AvgIpc) is 2.50. The van der Waals surface area contributed by atoms with Crippen LogP contribution < -0.4 is 4.74 Å². The number of ether oxygens (including phenoxy) is 3. The molecule has 118 valence electrons. The topological polar surface area (TPSA) is 68.2 Å². The van der Waals surface area contributed by atoms with Crippen molar-refractivity contribution in [3.63, 3.8) is 0 Å². The van der Waals surface area contributed by atoms with Gasteiger partial charge in [0.2, 0.25) is 0 Å². The summed E-state index contributed by atoms with van der Waals surface area (Å²) in [5.74, 6) is 0.672. The second-order valence-corrected chi connectivity index (χ2v) is 5.30. The maximum atomic E-state index is 9.99. The molecule has 0 amide bonds. The van der Waals surface area contributed by atoms with Crippen LogP contribution in [0.2, 0.25) is 0 Å². The number of benzene rings is 1. The van der Waals surface area contributed by atoms with E-state index in [1.54, 1.807) is 7.11 Å². The van der Waals surface area contributed by atoms with E-state index in [9.17, 15) is 10.2 Å². The van der Waals surface area contributed by atoms with Crippen molar-refractivity contribution in [3.8, 4) is 5.75 Å². The van der Waals surface area contributed by atoms with Crippen LogP contribution in [-0.2, 0) is 15.9 Å². The minimum atomic E-state index is -0.678. The summed E-state index contributed by atoms with van der Waals surface area (Å²) in [4.78, 5) is 0. The van der Waals surface area contributed by atoms with E-state index in [1.807, 2.05) is 18.2 Å². The third-order valence-corrected chi connectivity index (χ3v) is 3.58. The molecule has 1 aliphatic rings. The molecule has 0 fully saturated rings. The zero-order chi connectivity index (χ0) is 15.1.